The van der Waals surface area contributed by atoms with Crippen LogP contribution < -0.4 is 11.5 Å². The molecule has 0 aromatic heterocycles. The monoisotopic (exact) mass is 230 g/mol. The van der Waals surface area contributed by atoms with Gasteiger partial charge >= 0.3 is 11.9 Å². The van der Waals surface area contributed by atoms with Gasteiger partial charge in [-0.3, -0.25) is 5.73 Å². The van der Waals surface area contributed by atoms with Gasteiger partial charge in [0.25, 0.3) is 0 Å². The van der Waals surface area contributed by atoms with Crippen molar-refractivity contribution in [3.8, 4) is 0 Å². The van der Waals surface area contributed by atoms with Gasteiger partial charge in [-0.1, -0.05) is 6.42 Å². The highest BCUT2D eigenvalue weighted by Crippen LogP contribution is 2.02. The summed E-state index contributed by atoms with van der Waals surface area (Å²) in [5.41, 5.74) is 10.8. The topological polar surface area (TPSA) is 116 Å². The maximum Gasteiger partial charge on any atom is 0.332 e. The molecule has 92 valence electrons. The van der Waals surface area contributed by atoms with Gasteiger partial charge in [0.1, 0.15) is 0 Å². The van der Waals surface area contributed by atoms with E-state index >= 15 is 0 Å². The van der Waals surface area contributed by atoms with Crippen molar-refractivity contribution in [1.82, 2.24) is 0 Å². The quantitative estimate of drug-likeness (QED) is 0.233. The minimum absolute atomic E-state index is 0.548. The molecule has 0 heterocycles. The first kappa shape index (κ1) is 14.6. The normalized spacial score (nSPS) is 12.6. The molecule has 0 fully saturated rings. The van der Waals surface area contributed by atoms with E-state index in [1.807, 2.05) is 0 Å². The zero-order valence-electron chi connectivity index (χ0n) is 9.09. The third-order valence-electron chi connectivity index (χ3n) is 1.82. The number of carbonyl (C=O) groups excluding carboxylic acids is 1. The van der Waals surface area contributed by atoms with Crippen LogP contribution in [0.2, 0.25) is 0 Å². The smallest absolute Gasteiger partial charge is 0.332 e. The Balaban J connectivity index is 3.65. The average molecular weight is 230 g/mol. The molecule has 0 aromatic carbocycles. The number of ether oxygens (including phenoxy) is 1. The Hall–Kier alpha value is -1.40. The number of carboxylic acid groups (broad SMARTS) is 1. The number of aliphatic carboxylic acids is 1. The zero-order chi connectivity index (χ0) is 12.4. The fourth-order valence-electron chi connectivity index (χ4n) is 1.05. The van der Waals surface area contributed by atoms with Crippen molar-refractivity contribution in [3.05, 3.63) is 12.2 Å². The predicted molar refractivity (Wildman–Crippen MR) is 58.4 cm³/mol. The molecule has 1 unspecified atom stereocenters. The van der Waals surface area contributed by atoms with E-state index in [-0.39, 0.29) is 0 Å². The minimum Gasteiger partial charge on any atom is -0.478 e. The van der Waals surface area contributed by atoms with Crippen molar-refractivity contribution >= 4 is 11.9 Å². The molecule has 0 saturated heterocycles. The van der Waals surface area contributed by atoms with Gasteiger partial charge in [0.2, 0.25) is 0 Å². The van der Waals surface area contributed by atoms with Crippen LogP contribution in [-0.2, 0) is 14.3 Å². The van der Waals surface area contributed by atoms with Crippen LogP contribution in [0.4, 0.5) is 0 Å². The van der Waals surface area contributed by atoms with Crippen molar-refractivity contribution in [2.45, 2.75) is 31.9 Å². The molecule has 0 rings (SSSR count). The van der Waals surface area contributed by atoms with E-state index in [0.717, 1.165) is 25.3 Å². The summed E-state index contributed by atoms with van der Waals surface area (Å²) in [5.74, 6) is -1.94. The number of unbranched alkanes of at least 4 members (excludes halogenated alkanes) is 2. The van der Waals surface area contributed by atoms with Crippen LogP contribution in [0.3, 0.4) is 0 Å². The van der Waals surface area contributed by atoms with Crippen LogP contribution in [0.25, 0.3) is 0 Å². The number of rotatable bonds is 8. The van der Waals surface area contributed by atoms with Gasteiger partial charge in [0.05, 0.1) is 0 Å². The van der Waals surface area contributed by atoms with E-state index in [9.17, 15) is 9.59 Å². The second-order valence-corrected chi connectivity index (χ2v) is 3.28. The Labute approximate surface area is 94.2 Å². The Morgan fingerprint density at radius 3 is 2.50 bits per heavy atom. The molecule has 0 bridgehead atoms. The SMILES string of the molecule is NCCCCCC(N)OC(=O)/C=C\C(=O)O. The Morgan fingerprint density at radius 2 is 1.94 bits per heavy atom. The number of esters is 1. The minimum atomic E-state index is -1.20. The summed E-state index contributed by atoms with van der Waals surface area (Å²) in [7, 11) is 0. The first-order chi connectivity index (χ1) is 7.56. The van der Waals surface area contributed by atoms with Gasteiger partial charge in [-0.25, -0.2) is 9.59 Å². The molecule has 6 heteroatoms. The fraction of sp³-hybridized carbons (Fsp3) is 0.600. The zero-order valence-corrected chi connectivity index (χ0v) is 9.09. The number of hydrogen-bond donors (Lipinski definition) is 3. The summed E-state index contributed by atoms with van der Waals surface area (Å²) in [6.45, 7) is 0.635. The highest BCUT2D eigenvalue weighted by molar-refractivity contribution is 5.90. The molecule has 0 radical (unpaired) electrons. The molecule has 5 N–H and O–H groups in total. The second kappa shape index (κ2) is 8.87. The standard InChI is InChI=1S/C10H18N2O4/c11-7-3-1-2-4-8(12)16-10(15)6-5-9(13)14/h5-6,8H,1-4,7,11-12H2,(H,13,14)/b6-5-. The molecule has 0 aliphatic carbocycles. The summed E-state index contributed by atoms with van der Waals surface area (Å²) < 4.78 is 4.74. The maximum absolute atomic E-state index is 11.0. The number of hydrogen-bond acceptors (Lipinski definition) is 5. The van der Waals surface area contributed by atoms with Gasteiger partial charge in [-0.05, 0) is 25.8 Å². The van der Waals surface area contributed by atoms with Crippen molar-refractivity contribution in [1.29, 1.82) is 0 Å². The first-order valence-electron chi connectivity index (χ1n) is 5.13. The number of carbonyl (C=O) groups is 2. The van der Waals surface area contributed by atoms with Gasteiger partial charge in [0, 0.05) is 12.2 Å². The molecule has 16 heavy (non-hydrogen) atoms. The van der Waals surface area contributed by atoms with Crippen LogP contribution in [0.15, 0.2) is 12.2 Å². The average Bonchev–Trinajstić information content (AvgIpc) is 2.21. The van der Waals surface area contributed by atoms with Crippen molar-refractivity contribution in [2.24, 2.45) is 11.5 Å². The van der Waals surface area contributed by atoms with E-state index in [2.05, 4.69) is 0 Å². The first-order valence-corrected chi connectivity index (χ1v) is 5.13. The van der Waals surface area contributed by atoms with Crippen molar-refractivity contribution < 1.29 is 19.4 Å². The lowest BCUT2D eigenvalue weighted by molar-refractivity contribution is -0.143. The summed E-state index contributed by atoms with van der Waals surface area (Å²) in [6, 6.07) is 0. The van der Waals surface area contributed by atoms with Crippen LogP contribution in [0, 0.1) is 0 Å². The molecular weight excluding hydrogens is 212 g/mol. The largest absolute Gasteiger partial charge is 0.478 e. The summed E-state index contributed by atoms with van der Waals surface area (Å²) >= 11 is 0. The number of nitrogens with two attached hydrogens (primary N) is 2. The summed E-state index contributed by atoms with van der Waals surface area (Å²) in [4.78, 5) is 21.1. The second-order valence-electron chi connectivity index (χ2n) is 3.28. The molecule has 0 aliphatic rings. The highest BCUT2D eigenvalue weighted by atomic mass is 16.6. The molecule has 0 aliphatic heterocycles. The summed E-state index contributed by atoms with van der Waals surface area (Å²) in [5, 5.41) is 8.26. The third kappa shape index (κ3) is 9.17. The lowest BCUT2D eigenvalue weighted by atomic mass is 10.2. The molecule has 0 amide bonds. The molecular formula is C10H18N2O4. The van der Waals surface area contributed by atoms with Gasteiger partial charge in [0.15, 0.2) is 6.23 Å². The summed E-state index contributed by atoms with van der Waals surface area (Å²) in [6.07, 6.45) is 4.09. The number of carboxylic acids is 1. The maximum atomic E-state index is 11.0. The Kier molecular flexibility index (Phi) is 8.10. The van der Waals surface area contributed by atoms with Crippen LogP contribution >= 0.6 is 0 Å². The van der Waals surface area contributed by atoms with E-state index in [4.69, 9.17) is 21.3 Å². The van der Waals surface area contributed by atoms with Gasteiger partial charge in [-0.2, -0.15) is 0 Å². The van der Waals surface area contributed by atoms with Gasteiger partial charge < -0.3 is 15.6 Å². The van der Waals surface area contributed by atoms with Crippen LogP contribution in [0.5, 0.6) is 0 Å². The van der Waals surface area contributed by atoms with E-state index in [1.165, 1.54) is 0 Å². The predicted octanol–water partition coefficient (Wildman–Crippen LogP) is -0.0257. The lowest BCUT2D eigenvalue weighted by Gasteiger charge is -2.10. The van der Waals surface area contributed by atoms with Crippen LogP contribution in [0.1, 0.15) is 25.7 Å². The molecule has 1 atom stereocenters. The lowest BCUT2D eigenvalue weighted by Crippen LogP contribution is -2.26. The molecule has 0 saturated carbocycles. The Morgan fingerprint density at radius 1 is 1.25 bits per heavy atom. The fourth-order valence-corrected chi connectivity index (χ4v) is 1.05. The van der Waals surface area contributed by atoms with Crippen molar-refractivity contribution in [3.63, 3.8) is 0 Å². The van der Waals surface area contributed by atoms with Crippen LogP contribution in [-0.4, -0.2) is 29.8 Å². The molecule has 0 spiro atoms. The van der Waals surface area contributed by atoms with Gasteiger partial charge in [-0.15, -0.1) is 0 Å². The van der Waals surface area contributed by atoms with E-state index in [0.29, 0.717) is 19.0 Å². The third-order valence-corrected chi connectivity index (χ3v) is 1.82. The Bertz CT molecular complexity index is 253. The van der Waals surface area contributed by atoms with E-state index < -0.39 is 18.2 Å². The molecule has 0 aromatic rings. The van der Waals surface area contributed by atoms with E-state index in [1.54, 1.807) is 0 Å². The van der Waals surface area contributed by atoms with Crippen molar-refractivity contribution in [2.75, 3.05) is 6.54 Å². The molecule has 6 nitrogen and oxygen atoms in total. The highest BCUT2D eigenvalue weighted by Gasteiger charge is 2.06.